The second-order valence-corrected chi connectivity index (χ2v) is 7.82. The van der Waals surface area contributed by atoms with Gasteiger partial charge < -0.3 is 14.4 Å². The molecular weight excluding hydrogens is 453 g/mol. The van der Waals surface area contributed by atoms with E-state index in [0.29, 0.717) is 59.3 Å². The first-order chi connectivity index (χ1) is 14.3. The fourth-order valence-electron chi connectivity index (χ4n) is 2.91. The zero-order valence-corrected chi connectivity index (χ0v) is 18.5. The van der Waals surface area contributed by atoms with Crippen LogP contribution < -0.4 is 0 Å². The lowest BCUT2D eigenvalue weighted by Crippen LogP contribution is -2.42. The maximum absolute atomic E-state index is 12.0. The Morgan fingerprint density at radius 2 is 1.97 bits per heavy atom. The van der Waals surface area contributed by atoms with Gasteiger partial charge in [-0.05, 0) is 30.7 Å². The summed E-state index contributed by atoms with van der Waals surface area (Å²) in [6.45, 7) is 3.78. The molecule has 30 heavy (non-hydrogen) atoms. The Bertz CT molecular complexity index is 968. The van der Waals surface area contributed by atoms with E-state index in [1.165, 1.54) is 12.2 Å². The predicted molar refractivity (Wildman–Crippen MR) is 115 cm³/mol. The average molecular weight is 473 g/mol. The molecule has 0 radical (unpaired) electrons. The first-order valence-electron chi connectivity index (χ1n) is 9.22. The van der Waals surface area contributed by atoms with Crippen LogP contribution in [0.3, 0.4) is 0 Å². The molecule has 3 rings (SSSR count). The number of aryl methyl sites for hydroxylation is 1. The van der Waals surface area contributed by atoms with Crippen molar-refractivity contribution in [2.75, 3.05) is 32.9 Å². The van der Waals surface area contributed by atoms with Gasteiger partial charge in [0.15, 0.2) is 6.61 Å². The molecule has 0 unspecified atom stereocenters. The largest absolute Gasteiger partial charge is 0.452 e. The van der Waals surface area contributed by atoms with E-state index in [4.69, 9.17) is 44.3 Å². The van der Waals surface area contributed by atoms with E-state index in [-0.39, 0.29) is 12.5 Å². The molecule has 1 fully saturated rings. The van der Waals surface area contributed by atoms with E-state index in [2.05, 4.69) is 5.10 Å². The Labute approximate surface area is 189 Å². The Morgan fingerprint density at radius 3 is 2.67 bits per heavy atom. The molecule has 0 N–H and O–H groups in total. The fourth-order valence-corrected chi connectivity index (χ4v) is 3.67. The fraction of sp³-hybridized carbons (Fsp3) is 0.350. The minimum absolute atomic E-state index is 0.248. The van der Waals surface area contributed by atoms with Crippen molar-refractivity contribution in [2.24, 2.45) is 0 Å². The van der Waals surface area contributed by atoms with Crippen molar-refractivity contribution < 1.29 is 19.1 Å². The summed E-state index contributed by atoms with van der Waals surface area (Å²) in [6.07, 6.45) is 2.74. The van der Waals surface area contributed by atoms with Gasteiger partial charge in [-0.25, -0.2) is 9.48 Å². The van der Waals surface area contributed by atoms with E-state index >= 15 is 0 Å². The number of carbonyl (C=O) groups excluding carboxylic acids is 2. The first-order valence-corrected chi connectivity index (χ1v) is 10.4. The number of hydrogen-bond donors (Lipinski definition) is 0. The molecule has 160 valence electrons. The highest BCUT2D eigenvalue weighted by molar-refractivity contribution is 6.35. The number of carbonyl (C=O) groups is 2. The van der Waals surface area contributed by atoms with Crippen LogP contribution in [0.4, 0.5) is 0 Å². The third kappa shape index (κ3) is 5.76. The number of aromatic nitrogens is 2. The van der Waals surface area contributed by atoms with Crippen molar-refractivity contribution >= 4 is 52.8 Å². The minimum Gasteiger partial charge on any atom is -0.452 e. The maximum Gasteiger partial charge on any atom is 0.331 e. The van der Waals surface area contributed by atoms with Gasteiger partial charge >= 0.3 is 5.97 Å². The summed E-state index contributed by atoms with van der Waals surface area (Å²) in [7, 11) is 0. The number of morpholine rings is 1. The molecule has 0 saturated carbocycles. The molecule has 1 saturated heterocycles. The molecule has 2 heterocycles. The average Bonchev–Trinajstić information content (AvgIpc) is 3.00. The van der Waals surface area contributed by atoms with Crippen molar-refractivity contribution in [2.45, 2.75) is 13.5 Å². The molecule has 1 amide bonds. The summed E-state index contributed by atoms with van der Waals surface area (Å²) in [5, 5.41) is 5.81. The van der Waals surface area contributed by atoms with Gasteiger partial charge in [-0.15, -0.1) is 0 Å². The summed E-state index contributed by atoms with van der Waals surface area (Å²) < 4.78 is 11.8. The zero-order chi connectivity index (χ0) is 21.7. The summed E-state index contributed by atoms with van der Waals surface area (Å²) in [5.41, 5.74) is 2.03. The smallest absolute Gasteiger partial charge is 0.331 e. The third-order valence-corrected chi connectivity index (χ3v) is 5.52. The number of esters is 1. The van der Waals surface area contributed by atoms with Crippen LogP contribution >= 0.6 is 34.8 Å². The maximum atomic E-state index is 12.0. The molecule has 0 bridgehead atoms. The van der Waals surface area contributed by atoms with Crippen LogP contribution in [0.2, 0.25) is 15.2 Å². The molecule has 1 aromatic carbocycles. The molecule has 1 aliphatic rings. The zero-order valence-electron chi connectivity index (χ0n) is 16.2. The molecule has 1 aliphatic heterocycles. The minimum atomic E-state index is -0.638. The highest BCUT2D eigenvalue weighted by atomic mass is 35.5. The van der Waals surface area contributed by atoms with Gasteiger partial charge in [0.2, 0.25) is 0 Å². The van der Waals surface area contributed by atoms with Crippen LogP contribution in [-0.4, -0.2) is 59.5 Å². The van der Waals surface area contributed by atoms with Gasteiger partial charge in [0.25, 0.3) is 5.91 Å². The van der Waals surface area contributed by atoms with Crippen LogP contribution in [0.15, 0.2) is 24.3 Å². The van der Waals surface area contributed by atoms with E-state index in [0.717, 1.165) is 5.56 Å². The highest BCUT2D eigenvalue weighted by Gasteiger charge is 2.18. The number of amides is 1. The number of halogens is 3. The third-order valence-electron chi connectivity index (χ3n) is 4.53. The summed E-state index contributed by atoms with van der Waals surface area (Å²) in [4.78, 5) is 25.6. The van der Waals surface area contributed by atoms with Crippen LogP contribution in [0.25, 0.3) is 6.08 Å². The Morgan fingerprint density at radius 1 is 1.23 bits per heavy atom. The van der Waals surface area contributed by atoms with Gasteiger partial charge in [-0.1, -0.05) is 40.9 Å². The molecule has 10 heteroatoms. The quantitative estimate of drug-likeness (QED) is 0.474. The number of hydrogen-bond acceptors (Lipinski definition) is 5. The summed E-state index contributed by atoms with van der Waals surface area (Å²) in [6, 6.07) is 5.19. The SMILES string of the molecule is Cc1nn(Cc2ccc(Cl)cc2Cl)c(Cl)c1/C=C/C(=O)OCC(=O)N1CCOCC1. The normalized spacial score (nSPS) is 14.3. The van der Waals surface area contributed by atoms with Crippen LogP contribution in [0.1, 0.15) is 16.8 Å². The number of nitrogens with zero attached hydrogens (tertiary/aromatic N) is 3. The molecule has 2 aromatic rings. The molecule has 0 aliphatic carbocycles. The second kappa shape index (κ2) is 10.3. The van der Waals surface area contributed by atoms with Crippen molar-refractivity contribution in [3.05, 3.63) is 56.3 Å². The Balaban J connectivity index is 1.61. The Kier molecular flexibility index (Phi) is 7.77. The van der Waals surface area contributed by atoms with Gasteiger partial charge in [0, 0.05) is 34.8 Å². The van der Waals surface area contributed by atoms with Gasteiger partial charge in [-0.3, -0.25) is 4.79 Å². The molecule has 7 nitrogen and oxygen atoms in total. The standard InChI is InChI=1S/C20H20Cl3N3O4/c1-13-16(4-5-19(28)30-12-18(27)25-6-8-29-9-7-25)20(23)26(24-13)11-14-2-3-15(21)10-17(14)22/h2-5,10H,6-9,11-12H2,1H3/b5-4+. The lowest BCUT2D eigenvalue weighted by molar-refractivity contribution is -0.150. The van der Waals surface area contributed by atoms with E-state index < -0.39 is 5.97 Å². The van der Waals surface area contributed by atoms with Crippen molar-refractivity contribution in [1.29, 1.82) is 0 Å². The Hall–Kier alpha value is -2.06. The van der Waals surface area contributed by atoms with E-state index in [1.807, 2.05) is 0 Å². The van der Waals surface area contributed by atoms with Crippen LogP contribution in [0, 0.1) is 6.92 Å². The molecule has 0 spiro atoms. The molecule has 1 aromatic heterocycles. The van der Waals surface area contributed by atoms with Crippen LogP contribution in [0.5, 0.6) is 0 Å². The predicted octanol–water partition coefficient (Wildman–Crippen LogP) is 3.62. The molecular formula is C20H20Cl3N3O4. The van der Waals surface area contributed by atoms with Crippen molar-refractivity contribution in [3.63, 3.8) is 0 Å². The molecule has 0 atom stereocenters. The lowest BCUT2D eigenvalue weighted by atomic mass is 10.2. The second-order valence-electron chi connectivity index (χ2n) is 6.62. The topological polar surface area (TPSA) is 73.7 Å². The summed E-state index contributed by atoms with van der Waals surface area (Å²) >= 11 is 18.6. The van der Waals surface area contributed by atoms with Gasteiger partial charge in [0.05, 0.1) is 25.5 Å². The van der Waals surface area contributed by atoms with Crippen molar-refractivity contribution in [1.82, 2.24) is 14.7 Å². The lowest BCUT2D eigenvalue weighted by Gasteiger charge is -2.26. The van der Waals surface area contributed by atoms with Crippen molar-refractivity contribution in [3.8, 4) is 0 Å². The first kappa shape index (κ1) is 22.6. The van der Waals surface area contributed by atoms with Crippen LogP contribution in [-0.2, 0) is 25.6 Å². The van der Waals surface area contributed by atoms with Gasteiger partial charge in [0.1, 0.15) is 5.15 Å². The monoisotopic (exact) mass is 471 g/mol. The number of benzene rings is 1. The van der Waals surface area contributed by atoms with E-state index in [9.17, 15) is 9.59 Å². The highest BCUT2D eigenvalue weighted by Crippen LogP contribution is 2.26. The van der Waals surface area contributed by atoms with Gasteiger partial charge in [-0.2, -0.15) is 5.10 Å². The number of rotatable bonds is 6. The van der Waals surface area contributed by atoms with E-state index in [1.54, 1.807) is 34.7 Å². The summed E-state index contributed by atoms with van der Waals surface area (Å²) in [5.74, 6) is -0.887. The number of ether oxygens (including phenoxy) is 2.